The van der Waals surface area contributed by atoms with Crippen LogP contribution in [0.25, 0.3) is 5.69 Å². The molecule has 0 aliphatic heterocycles. The molecule has 0 unspecified atom stereocenters. The van der Waals surface area contributed by atoms with Crippen LogP contribution in [0.5, 0.6) is 0 Å². The zero-order valence-corrected chi connectivity index (χ0v) is 12.2. The van der Waals surface area contributed by atoms with Crippen molar-refractivity contribution in [1.29, 1.82) is 0 Å². The molecule has 0 aliphatic carbocycles. The average molecular weight is 309 g/mol. The molecular weight excluding hydrogens is 296 g/mol. The number of hydrogen-bond donors (Lipinski definition) is 1. The van der Waals surface area contributed by atoms with Gasteiger partial charge in [-0.15, -0.1) is 0 Å². The molecule has 21 heavy (non-hydrogen) atoms. The summed E-state index contributed by atoms with van der Waals surface area (Å²) in [6.07, 6.45) is 1.26. The third-order valence-electron chi connectivity index (χ3n) is 2.83. The Morgan fingerprint density at radius 1 is 1.43 bits per heavy atom. The van der Waals surface area contributed by atoms with Crippen LogP contribution >= 0.6 is 11.6 Å². The highest BCUT2D eigenvalue weighted by Crippen LogP contribution is 2.20. The molecule has 1 N–H and O–H groups in total. The number of ether oxygens (including phenoxy) is 1. The van der Waals surface area contributed by atoms with Gasteiger partial charge in [-0.1, -0.05) is 17.7 Å². The number of aryl methyl sites for hydroxylation is 1. The van der Waals surface area contributed by atoms with Gasteiger partial charge in [0, 0.05) is 11.2 Å². The van der Waals surface area contributed by atoms with Gasteiger partial charge in [0.25, 0.3) is 0 Å². The van der Waals surface area contributed by atoms with Crippen LogP contribution in [-0.2, 0) is 4.74 Å². The number of halogens is 1. The molecule has 0 amide bonds. The third-order valence-corrected chi connectivity index (χ3v) is 3.24. The second-order valence-electron chi connectivity index (χ2n) is 4.30. The second kappa shape index (κ2) is 5.97. The van der Waals surface area contributed by atoms with Crippen LogP contribution < -0.4 is 0 Å². The van der Waals surface area contributed by atoms with E-state index in [1.165, 1.54) is 10.9 Å². The normalized spacial score (nSPS) is 10.4. The first kappa shape index (κ1) is 15.1. The lowest BCUT2D eigenvalue weighted by atomic mass is 10.2. The molecule has 0 atom stereocenters. The van der Waals surface area contributed by atoms with Gasteiger partial charge >= 0.3 is 11.9 Å². The number of carboxylic acid groups (broad SMARTS) is 1. The van der Waals surface area contributed by atoms with E-state index in [2.05, 4.69) is 5.10 Å². The lowest BCUT2D eigenvalue weighted by Crippen LogP contribution is -2.11. The number of hydrogen-bond acceptors (Lipinski definition) is 4. The maximum atomic E-state index is 11.7. The van der Waals surface area contributed by atoms with Crippen molar-refractivity contribution in [3.05, 3.63) is 46.2 Å². The fourth-order valence-corrected chi connectivity index (χ4v) is 1.91. The largest absolute Gasteiger partial charge is 0.478 e. The van der Waals surface area contributed by atoms with E-state index in [0.717, 1.165) is 5.56 Å². The molecule has 0 radical (unpaired) electrons. The monoisotopic (exact) mass is 308 g/mol. The molecule has 0 bridgehead atoms. The van der Waals surface area contributed by atoms with Gasteiger partial charge in [-0.05, 0) is 31.5 Å². The van der Waals surface area contributed by atoms with E-state index in [-0.39, 0.29) is 17.9 Å². The smallest absolute Gasteiger partial charge is 0.359 e. The Morgan fingerprint density at radius 2 is 2.14 bits per heavy atom. The van der Waals surface area contributed by atoms with Crippen LogP contribution in [0.1, 0.15) is 33.3 Å². The van der Waals surface area contributed by atoms with Gasteiger partial charge in [-0.2, -0.15) is 5.10 Å². The molecule has 2 aromatic rings. The summed E-state index contributed by atoms with van der Waals surface area (Å²) in [6, 6.07) is 5.16. The van der Waals surface area contributed by atoms with Gasteiger partial charge in [0.2, 0.25) is 0 Å². The summed E-state index contributed by atoms with van der Waals surface area (Å²) in [5.41, 5.74) is 0.992. The number of nitrogens with zero attached hydrogens (tertiary/aromatic N) is 2. The van der Waals surface area contributed by atoms with Crippen molar-refractivity contribution in [2.24, 2.45) is 0 Å². The molecule has 0 saturated carbocycles. The van der Waals surface area contributed by atoms with E-state index in [0.29, 0.717) is 10.7 Å². The maximum Gasteiger partial charge on any atom is 0.359 e. The molecule has 1 aromatic carbocycles. The number of carboxylic acids is 1. The molecule has 7 heteroatoms. The highest BCUT2D eigenvalue weighted by Gasteiger charge is 2.23. The highest BCUT2D eigenvalue weighted by molar-refractivity contribution is 6.31. The van der Waals surface area contributed by atoms with Crippen molar-refractivity contribution < 1.29 is 19.4 Å². The van der Waals surface area contributed by atoms with Crippen molar-refractivity contribution in [2.45, 2.75) is 13.8 Å². The first-order valence-electron chi connectivity index (χ1n) is 6.20. The Bertz CT molecular complexity index is 709. The minimum atomic E-state index is -1.25. The topological polar surface area (TPSA) is 81.4 Å². The number of esters is 1. The molecule has 6 nitrogen and oxygen atoms in total. The van der Waals surface area contributed by atoms with E-state index in [1.807, 2.05) is 6.92 Å². The fraction of sp³-hybridized carbons (Fsp3) is 0.214. The van der Waals surface area contributed by atoms with E-state index in [4.69, 9.17) is 21.4 Å². The van der Waals surface area contributed by atoms with Crippen molar-refractivity contribution >= 4 is 23.5 Å². The number of aromatic nitrogens is 2. The summed E-state index contributed by atoms with van der Waals surface area (Å²) >= 11 is 6.04. The number of rotatable bonds is 4. The molecule has 0 saturated heterocycles. The van der Waals surface area contributed by atoms with E-state index < -0.39 is 11.9 Å². The van der Waals surface area contributed by atoms with Crippen LogP contribution in [0.2, 0.25) is 5.02 Å². The highest BCUT2D eigenvalue weighted by atomic mass is 35.5. The maximum absolute atomic E-state index is 11.7. The molecule has 0 aliphatic rings. The van der Waals surface area contributed by atoms with Gasteiger partial charge in [0.1, 0.15) is 5.56 Å². The SMILES string of the molecule is CCOC(=O)c1nn(-c2ccc(C)c(Cl)c2)cc1C(=O)O. The molecule has 0 fully saturated rings. The lowest BCUT2D eigenvalue weighted by molar-refractivity contribution is 0.0507. The second-order valence-corrected chi connectivity index (χ2v) is 4.70. The minimum Gasteiger partial charge on any atom is -0.478 e. The Morgan fingerprint density at radius 3 is 2.71 bits per heavy atom. The van der Waals surface area contributed by atoms with Gasteiger partial charge < -0.3 is 9.84 Å². The van der Waals surface area contributed by atoms with Crippen molar-refractivity contribution in [3.8, 4) is 5.69 Å². The molecular formula is C14H13ClN2O4. The molecule has 110 valence electrons. The van der Waals surface area contributed by atoms with E-state index >= 15 is 0 Å². The summed E-state index contributed by atoms with van der Waals surface area (Å²) in [4.78, 5) is 23.0. The van der Waals surface area contributed by atoms with Gasteiger partial charge in [-0.25, -0.2) is 14.3 Å². The van der Waals surface area contributed by atoms with Crippen LogP contribution in [0, 0.1) is 6.92 Å². The van der Waals surface area contributed by atoms with Crippen molar-refractivity contribution in [2.75, 3.05) is 6.61 Å². The van der Waals surface area contributed by atoms with Crippen molar-refractivity contribution in [1.82, 2.24) is 9.78 Å². The molecule has 0 spiro atoms. The average Bonchev–Trinajstić information content (AvgIpc) is 2.87. The number of benzene rings is 1. The first-order valence-corrected chi connectivity index (χ1v) is 6.58. The van der Waals surface area contributed by atoms with Crippen LogP contribution in [0.3, 0.4) is 0 Å². The summed E-state index contributed by atoms with van der Waals surface area (Å²) in [5.74, 6) is -2.02. The summed E-state index contributed by atoms with van der Waals surface area (Å²) in [7, 11) is 0. The van der Waals surface area contributed by atoms with Gasteiger partial charge in [-0.3, -0.25) is 0 Å². The lowest BCUT2D eigenvalue weighted by Gasteiger charge is -2.03. The standard InChI is InChI=1S/C14H13ClN2O4/c1-3-21-14(20)12-10(13(18)19)7-17(16-12)9-5-4-8(2)11(15)6-9/h4-7H,3H2,1-2H3,(H,18,19). The zero-order chi connectivity index (χ0) is 15.6. The van der Waals surface area contributed by atoms with Gasteiger partial charge in [0.15, 0.2) is 5.69 Å². The third kappa shape index (κ3) is 3.05. The number of aromatic carboxylic acids is 1. The number of carbonyl (C=O) groups is 2. The Hall–Kier alpha value is -2.34. The first-order chi connectivity index (χ1) is 9.93. The molecule has 2 rings (SSSR count). The Labute approximate surface area is 125 Å². The molecule has 1 heterocycles. The summed E-state index contributed by atoms with van der Waals surface area (Å²) in [6.45, 7) is 3.62. The Kier molecular flexibility index (Phi) is 4.28. The summed E-state index contributed by atoms with van der Waals surface area (Å²) < 4.78 is 6.10. The van der Waals surface area contributed by atoms with E-state index in [1.54, 1.807) is 25.1 Å². The van der Waals surface area contributed by atoms with Crippen LogP contribution in [-0.4, -0.2) is 33.4 Å². The Balaban J connectivity index is 2.50. The van der Waals surface area contributed by atoms with Gasteiger partial charge in [0.05, 0.1) is 12.3 Å². The minimum absolute atomic E-state index is 0.140. The van der Waals surface area contributed by atoms with Crippen molar-refractivity contribution in [3.63, 3.8) is 0 Å². The van der Waals surface area contributed by atoms with Crippen LogP contribution in [0.4, 0.5) is 0 Å². The summed E-state index contributed by atoms with van der Waals surface area (Å²) in [5, 5.41) is 13.7. The zero-order valence-electron chi connectivity index (χ0n) is 11.5. The van der Waals surface area contributed by atoms with E-state index in [9.17, 15) is 9.59 Å². The molecule has 1 aromatic heterocycles. The predicted octanol–water partition coefficient (Wildman–Crippen LogP) is 2.71. The predicted molar refractivity (Wildman–Crippen MR) is 76.2 cm³/mol. The number of carbonyl (C=O) groups excluding carboxylic acids is 1. The van der Waals surface area contributed by atoms with Crippen LogP contribution in [0.15, 0.2) is 24.4 Å². The fourth-order valence-electron chi connectivity index (χ4n) is 1.74. The quantitative estimate of drug-likeness (QED) is 0.878.